The molecule has 0 spiro atoms. The molecule has 0 unspecified atom stereocenters. The molecule has 0 aromatic heterocycles. The average Bonchev–Trinajstić information content (AvgIpc) is 3.20. The van der Waals surface area contributed by atoms with Crippen LogP contribution in [0.3, 0.4) is 0 Å². The van der Waals surface area contributed by atoms with Crippen LogP contribution in [0.2, 0.25) is 0 Å². The fourth-order valence-corrected chi connectivity index (χ4v) is 8.08. The number of rotatable bonds is 14. The second-order valence-corrected chi connectivity index (χ2v) is 21.2. The number of hydrogen-bond acceptors (Lipinski definition) is 9. The summed E-state index contributed by atoms with van der Waals surface area (Å²) >= 11 is 0. The zero-order valence-corrected chi connectivity index (χ0v) is 42.3. The van der Waals surface area contributed by atoms with Crippen LogP contribution in [0.15, 0.2) is 48.5 Å². The lowest BCUT2D eigenvalue weighted by Gasteiger charge is -2.29. The number of fused-ring (bicyclic) bond motifs is 8. The lowest BCUT2D eigenvalue weighted by atomic mass is 9.79. The first kappa shape index (κ1) is 53.5. The maximum Gasteiger partial charge on any atom is 0.341 e. The zero-order valence-electron chi connectivity index (χ0n) is 42.3. The SMILES string of the molecule is CO.COCCOc1c2cc(C(C)(C)C)cc1Cc1cc(C(C)(C)C)cc(c1OCC(=O)O)Cc1cc(C(C)(C)C)cc(c1OCCOC)Cc1cc(C(C)(C)C)cc(c1OCC(=O)O)C2. The molecule has 1 aliphatic rings. The first-order valence-corrected chi connectivity index (χ1v) is 22.8. The van der Waals surface area contributed by atoms with Gasteiger partial charge in [0.2, 0.25) is 0 Å². The molecule has 0 amide bonds. The molecule has 362 valence electrons. The summed E-state index contributed by atoms with van der Waals surface area (Å²) in [6.07, 6.45) is 1.47. The Labute approximate surface area is 393 Å². The maximum atomic E-state index is 12.3. The van der Waals surface area contributed by atoms with E-state index in [0.717, 1.165) is 73.9 Å². The van der Waals surface area contributed by atoms with E-state index >= 15 is 0 Å². The number of aliphatic hydroxyl groups excluding tert-OH is 1. The molecule has 1 aliphatic carbocycles. The van der Waals surface area contributed by atoms with Crippen molar-refractivity contribution in [2.24, 2.45) is 0 Å². The van der Waals surface area contributed by atoms with Gasteiger partial charge in [0.25, 0.3) is 0 Å². The third-order valence-electron chi connectivity index (χ3n) is 11.7. The van der Waals surface area contributed by atoms with Crippen LogP contribution in [0.25, 0.3) is 0 Å². The predicted molar refractivity (Wildman–Crippen MR) is 261 cm³/mol. The monoisotopic (exact) mass is 913 g/mol. The minimum Gasteiger partial charge on any atom is -0.491 e. The van der Waals surface area contributed by atoms with Crippen molar-refractivity contribution in [2.45, 2.75) is 130 Å². The largest absolute Gasteiger partial charge is 0.491 e. The molecule has 11 heteroatoms. The molecular weight excluding hydrogens is 837 g/mol. The van der Waals surface area contributed by atoms with E-state index < -0.39 is 25.2 Å². The van der Waals surface area contributed by atoms with Crippen molar-refractivity contribution in [3.05, 3.63) is 115 Å². The third kappa shape index (κ3) is 14.0. The number of ether oxygens (including phenoxy) is 6. The van der Waals surface area contributed by atoms with Crippen LogP contribution < -0.4 is 18.9 Å². The highest BCUT2D eigenvalue weighted by atomic mass is 16.5. The van der Waals surface area contributed by atoms with Gasteiger partial charge in [-0.25, -0.2) is 9.59 Å². The van der Waals surface area contributed by atoms with E-state index in [-0.39, 0.29) is 34.9 Å². The number of aliphatic carboxylic acids is 2. The van der Waals surface area contributed by atoms with Gasteiger partial charge in [-0.3, -0.25) is 0 Å². The first-order valence-electron chi connectivity index (χ1n) is 22.8. The van der Waals surface area contributed by atoms with Crippen molar-refractivity contribution >= 4 is 11.9 Å². The summed E-state index contributed by atoms with van der Waals surface area (Å²) in [6, 6.07) is 17.4. The maximum absolute atomic E-state index is 12.3. The van der Waals surface area contributed by atoms with E-state index in [4.69, 9.17) is 33.5 Å². The summed E-state index contributed by atoms with van der Waals surface area (Å²) in [4.78, 5) is 24.6. The number of hydrogen-bond donors (Lipinski definition) is 3. The Kier molecular flexibility index (Phi) is 17.9. The molecule has 4 aromatic rings. The van der Waals surface area contributed by atoms with E-state index in [1.165, 1.54) is 0 Å². The number of carboxylic acids is 2. The Balaban J connectivity index is 0.00000469. The van der Waals surface area contributed by atoms with Crippen LogP contribution in [0.1, 0.15) is 150 Å². The molecular formula is C55H76O11. The lowest BCUT2D eigenvalue weighted by Crippen LogP contribution is -2.19. The lowest BCUT2D eigenvalue weighted by molar-refractivity contribution is -0.140. The number of methoxy groups -OCH3 is 2. The summed E-state index contributed by atoms with van der Waals surface area (Å²) in [5, 5.41) is 27.1. The van der Waals surface area contributed by atoms with Crippen LogP contribution in [0.4, 0.5) is 0 Å². The van der Waals surface area contributed by atoms with E-state index in [1.54, 1.807) is 14.2 Å². The minimum absolute atomic E-state index is 0.274. The van der Waals surface area contributed by atoms with E-state index in [2.05, 4.69) is 132 Å². The second kappa shape index (κ2) is 22.1. The van der Waals surface area contributed by atoms with Gasteiger partial charge in [0.05, 0.1) is 13.2 Å². The molecule has 0 atom stereocenters. The quantitative estimate of drug-likeness (QED) is 0.0914. The van der Waals surface area contributed by atoms with Gasteiger partial charge < -0.3 is 43.7 Å². The normalized spacial score (nSPS) is 13.0. The second-order valence-electron chi connectivity index (χ2n) is 21.2. The molecule has 66 heavy (non-hydrogen) atoms. The Hall–Kier alpha value is -5.10. The van der Waals surface area contributed by atoms with Crippen molar-refractivity contribution in [2.75, 3.05) is 61.0 Å². The van der Waals surface area contributed by atoms with Crippen molar-refractivity contribution in [3.63, 3.8) is 0 Å². The molecule has 0 radical (unpaired) electrons. The fraction of sp³-hybridized carbons (Fsp3) is 0.527. The topological polar surface area (TPSA) is 150 Å². The summed E-state index contributed by atoms with van der Waals surface area (Å²) in [7, 11) is 4.28. The van der Waals surface area contributed by atoms with Crippen molar-refractivity contribution in [1.82, 2.24) is 0 Å². The molecule has 5 rings (SSSR count). The number of carboxylic acid groups (broad SMARTS) is 2. The highest BCUT2D eigenvalue weighted by Crippen LogP contribution is 2.44. The van der Waals surface area contributed by atoms with Crippen molar-refractivity contribution < 1.29 is 53.3 Å². The molecule has 0 heterocycles. The van der Waals surface area contributed by atoms with Crippen LogP contribution >= 0.6 is 0 Å². The number of aliphatic hydroxyl groups is 1. The minimum atomic E-state index is -1.07. The van der Waals surface area contributed by atoms with Gasteiger partial charge in [-0.15, -0.1) is 0 Å². The van der Waals surface area contributed by atoms with Crippen LogP contribution in [-0.2, 0) is 66.4 Å². The smallest absolute Gasteiger partial charge is 0.341 e. The molecule has 0 saturated heterocycles. The molecule has 3 N–H and O–H groups in total. The van der Waals surface area contributed by atoms with E-state index in [9.17, 15) is 19.8 Å². The van der Waals surface area contributed by atoms with Crippen molar-refractivity contribution in [1.29, 1.82) is 0 Å². The molecule has 0 fully saturated rings. The average molecular weight is 913 g/mol. The number of carbonyl (C=O) groups is 2. The van der Waals surface area contributed by atoms with E-state index in [0.29, 0.717) is 61.9 Å². The molecule has 0 saturated carbocycles. The third-order valence-corrected chi connectivity index (χ3v) is 11.7. The highest BCUT2D eigenvalue weighted by Gasteiger charge is 2.30. The standard InChI is InChI=1S/C54H72O10.CH4O/c1-51(2,3)41-23-33-19-37-27-43(53(7,8)9)29-39(49(37)63-31-45(55)56)21-35-25-42(52(4,5)6)26-36(48(35)62-18-16-60-14)22-40-30-44(54(10,11)12)28-38(50(40)64-32-46(57)58)20-34(24-41)47(33)61-17-15-59-13;1-2/h23-30H,15-22,31-32H2,1-14H3,(H,55,56)(H,57,58);2H,1H3. The summed E-state index contributed by atoms with van der Waals surface area (Å²) in [5.74, 6) is 0.259. The Morgan fingerprint density at radius 1 is 0.394 bits per heavy atom. The first-order chi connectivity index (χ1) is 30.8. The highest BCUT2D eigenvalue weighted by molar-refractivity contribution is 5.70. The number of benzene rings is 4. The Morgan fingerprint density at radius 3 is 0.758 bits per heavy atom. The Morgan fingerprint density at radius 2 is 0.591 bits per heavy atom. The van der Waals surface area contributed by atoms with Crippen LogP contribution in [0, 0.1) is 0 Å². The molecule has 0 aliphatic heterocycles. The van der Waals surface area contributed by atoms with Crippen LogP contribution in [-0.4, -0.2) is 88.2 Å². The van der Waals surface area contributed by atoms with Crippen molar-refractivity contribution in [3.8, 4) is 23.0 Å². The van der Waals surface area contributed by atoms with Gasteiger partial charge >= 0.3 is 11.9 Å². The predicted octanol–water partition coefficient (Wildman–Crippen LogP) is 10.1. The summed E-state index contributed by atoms with van der Waals surface area (Å²) in [6.45, 7) is 26.4. The van der Waals surface area contributed by atoms with Gasteiger partial charge in [0.15, 0.2) is 13.2 Å². The Bertz CT molecular complexity index is 2050. The van der Waals surface area contributed by atoms with Gasteiger partial charge in [-0.05, 0) is 88.4 Å². The fourth-order valence-electron chi connectivity index (χ4n) is 8.08. The molecule has 11 nitrogen and oxygen atoms in total. The van der Waals surface area contributed by atoms with Gasteiger partial charge in [-0.2, -0.15) is 0 Å². The zero-order chi connectivity index (χ0) is 49.4. The van der Waals surface area contributed by atoms with Gasteiger partial charge in [0.1, 0.15) is 36.2 Å². The van der Waals surface area contributed by atoms with Crippen LogP contribution in [0.5, 0.6) is 23.0 Å². The van der Waals surface area contributed by atoms with Gasteiger partial charge in [-0.1, -0.05) is 132 Å². The summed E-state index contributed by atoms with van der Waals surface area (Å²) in [5.41, 5.74) is 10.2. The molecule has 8 bridgehead atoms. The van der Waals surface area contributed by atoms with Gasteiger partial charge in [0, 0.05) is 47.0 Å². The molecule has 4 aromatic carbocycles. The van der Waals surface area contributed by atoms with E-state index in [1.807, 2.05) is 0 Å². The summed E-state index contributed by atoms with van der Waals surface area (Å²) < 4.78 is 37.3.